The molecule has 254 valence electrons. The van der Waals surface area contributed by atoms with Crippen LogP contribution in [-0.2, 0) is 22.3 Å². The number of morpholine rings is 2. The van der Waals surface area contributed by atoms with E-state index in [1.165, 1.54) is 0 Å². The van der Waals surface area contributed by atoms with E-state index in [1.807, 2.05) is 36.4 Å². The monoisotopic (exact) mass is 764 g/mol. The molecule has 2 aliphatic carbocycles. The number of Topliss-reactive ketones (excluding diaryl/α,β-unsaturated/α-hetero) is 2. The van der Waals surface area contributed by atoms with Crippen LogP contribution in [-0.4, -0.2) is 88.9 Å². The summed E-state index contributed by atoms with van der Waals surface area (Å²) in [6.45, 7) is 6.18. The standard InChI is InChI=1S/C18H17BrClN3O2.C18H18ClN3O2/c19-13-3-1-12-10-21-18(22-16(12)17(13)24)11-2-4-15(14(20)9-11)23-5-7-25-8-6-23;19-14-10-12(4-5-15(14)22-6-8-24-9-7-22)18-20-11-13-2-1-3-16(23)17(13)21-18/h2,4,9-10,13H,1,3,5-8H2;4-5,10-11H,1-3,6-9H2. The fourth-order valence-electron chi connectivity index (χ4n) is 6.45. The van der Waals surface area contributed by atoms with Crippen LogP contribution >= 0.6 is 39.1 Å². The summed E-state index contributed by atoms with van der Waals surface area (Å²) in [5.41, 5.74) is 6.59. The number of aromatic nitrogens is 4. The van der Waals surface area contributed by atoms with Crippen LogP contribution in [0.3, 0.4) is 0 Å². The van der Waals surface area contributed by atoms with Crippen LogP contribution in [0.25, 0.3) is 22.8 Å². The quantitative estimate of drug-likeness (QED) is 0.209. The number of nitrogens with zero attached hydrogens (tertiary/aromatic N) is 6. The number of hydrogen-bond acceptors (Lipinski definition) is 10. The number of anilines is 2. The fraction of sp³-hybridized carbons (Fsp3) is 0.389. The van der Waals surface area contributed by atoms with Gasteiger partial charge in [-0.1, -0.05) is 39.1 Å². The van der Waals surface area contributed by atoms with Gasteiger partial charge in [-0.2, -0.15) is 0 Å². The number of carbonyl (C=O) groups excluding carboxylic acids is 2. The molecule has 2 saturated heterocycles. The van der Waals surface area contributed by atoms with Gasteiger partial charge in [-0.05, 0) is 73.2 Å². The van der Waals surface area contributed by atoms with Crippen molar-refractivity contribution < 1.29 is 19.1 Å². The summed E-state index contributed by atoms with van der Waals surface area (Å²) >= 11 is 16.4. The third-order valence-corrected chi connectivity index (χ3v) is 10.6. The largest absolute Gasteiger partial charge is 0.378 e. The van der Waals surface area contributed by atoms with E-state index in [0.717, 1.165) is 85.5 Å². The van der Waals surface area contributed by atoms with Crippen molar-refractivity contribution in [3.05, 3.63) is 81.4 Å². The molecule has 1 atom stereocenters. The van der Waals surface area contributed by atoms with Crippen molar-refractivity contribution in [2.45, 2.75) is 36.9 Å². The Bertz CT molecular complexity index is 1880. The van der Waals surface area contributed by atoms with Gasteiger partial charge < -0.3 is 19.3 Å². The highest BCUT2D eigenvalue weighted by molar-refractivity contribution is 9.10. The van der Waals surface area contributed by atoms with E-state index in [-0.39, 0.29) is 16.4 Å². The molecule has 0 bridgehead atoms. The second kappa shape index (κ2) is 15.2. The van der Waals surface area contributed by atoms with Crippen LogP contribution in [0.5, 0.6) is 0 Å². The molecular formula is C36H35BrCl2N6O4. The van der Waals surface area contributed by atoms with E-state index in [0.29, 0.717) is 65.9 Å². The van der Waals surface area contributed by atoms with E-state index in [1.54, 1.807) is 12.4 Å². The van der Waals surface area contributed by atoms with Crippen molar-refractivity contribution in [3.8, 4) is 22.8 Å². The summed E-state index contributed by atoms with van der Waals surface area (Å²) < 4.78 is 10.8. The van der Waals surface area contributed by atoms with Gasteiger partial charge >= 0.3 is 0 Å². The predicted octanol–water partition coefficient (Wildman–Crippen LogP) is 6.68. The predicted molar refractivity (Wildman–Crippen MR) is 194 cm³/mol. The van der Waals surface area contributed by atoms with Crippen LogP contribution in [0.1, 0.15) is 51.4 Å². The average Bonchev–Trinajstić information content (AvgIpc) is 3.14. The molecule has 10 nitrogen and oxygen atoms in total. The lowest BCUT2D eigenvalue weighted by atomic mass is 9.96. The number of ether oxygens (including phenoxy) is 2. The molecule has 0 amide bonds. The van der Waals surface area contributed by atoms with Gasteiger partial charge in [0.15, 0.2) is 23.2 Å². The number of hydrogen-bond donors (Lipinski definition) is 0. The minimum Gasteiger partial charge on any atom is -0.378 e. The summed E-state index contributed by atoms with van der Waals surface area (Å²) in [4.78, 5) is 46.5. The molecule has 0 spiro atoms. The highest BCUT2D eigenvalue weighted by Gasteiger charge is 2.28. The Morgan fingerprint density at radius 2 is 1.20 bits per heavy atom. The number of alkyl halides is 1. The van der Waals surface area contributed by atoms with Crippen molar-refractivity contribution in [2.75, 3.05) is 62.4 Å². The van der Waals surface area contributed by atoms with Gasteiger partial charge in [-0.25, -0.2) is 19.9 Å². The van der Waals surface area contributed by atoms with Crippen LogP contribution in [0.15, 0.2) is 48.8 Å². The maximum atomic E-state index is 12.3. The van der Waals surface area contributed by atoms with Crippen molar-refractivity contribution in [1.82, 2.24) is 19.9 Å². The summed E-state index contributed by atoms with van der Waals surface area (Å²) in [6.07, 6.45) is 7.46. The zero-order valence-electron chi connectivity index (χ0n) is 26.8. The summed E-state index contributed by atoms with van der Waals surface area (Å²) in [6, 6.07) is 11.6. The van der Waals surface area contributed by atoms with Crippen LogP contribution in [0.2, 0.25) is 10.0 Å². The van der Waals surface area contributed by atoms with Gasteiger partial charge in [-0.3, -0.25) is 9.59 Å². The molecule has 4 aliphatic rings. The normalized spacial score (nSPS) is 19.1. The van der Waals surface area contributed by atoms with E-state index in [2.05, 4.69) is 45.7 Å². The fourth-order valence-corrected chi connectivity index (χ4v) is 7.49. The topological polar surface area (TPSA) is 111 Å². The molecule has 8 rings (SSSR count). The average molecular weight is 767 g/mol. The van der Waals surface area contributed by atoms with Crippen molar-refractivity contribution in [1.29, 1.82) is 0 Å². The van der Waals surface area contributed by atoms with Crippen molar-refractivity contribution in [3.63, 3.8) is 0 Å². The van der Waals surface area contributed by atoms with Gasteiger partial charge in [0.2, 0.25) is 0 Å². The summed E-state index contributed by atoms with van der Waals surface area (Å²) in [7, 11) is 0. The number of aryl methyl sites for hydroxylation is 2. The maximum absolute atomic E-state index is 12.3. The SMILES string of the molecule is O=C1CCCc2cnc(-c3ccc(N4CCOCC4)c(Cl)c3)nc21.O=C1c2nc(-c3ccc(N4CCOCC4)c(Cl)c3)ncc2CCC1Br. The van der Waals surface area contributed by atoms with Gasteiger partial charge in [0, 0.05) is 56.1 Å². The zero-order valence-corrected chi connectivity index (χ0v) is 29.9. The maximum Gasteiger partial charge on any atom is 0.195 e. The first-order valence-electron chi connectivity index (χ1n) is 16.5. The molecule has 4 aromatic rings. The van der Waals surface area contributed by atoms with E-state index >= 15 is 0 Å². The number of halogens is 3. The van der Waals surface area contributed by atoms with E-state index < -0.39 is 0 Å². The molecule has 0 N–H and O–H groups in total. The molecule has 2 aromatic heterocycles. The Labute approximate surface area is 303 Å². The summed E-state index contributed by atoms with van der Waals surface area (Å²) in [5.74, 6) is 1.22. The Morgan fingerprint density at radius 3 is 1.73 bits per heavy atom. The smallest absolute Gasteiger partial charge is 0.195 e. The lowest BCUT2D eigenvalue weighted by Crippen LogP contribution is -2.36. The van der Waals surface area contributed by atoms with Crippen molar-refractivity contribution >= 4 is 62.1 Å². The molecule has 1 unspecified atom stereocenters. The lowest BCUT2D eigenvalue weighted by molar-refractivity contribution is 0.0962. The molecule has 2 fully saturated rings. The molecule has 2 aromatic carbocycles. The first-order chi connectivity index (χ1) is 23.9. The van der Waals surface area contributed by atoms with E-state index in [9.17, 15) is 9.59 Å². The molecule has 2 aliphatic heterocycles. The highest BCUT2D eigenvalue weighted by atomic mass is 79.9. The molecule has 4 heterocycles. The Morgan fingerprint density at radius 1 is 0.694 bits per heavy atom. The molecule has 49 heavy (non-hydrogen) atoms. The second-order valence-corrected chi connectivity index (χ2v) is 14.2. The minimum absolute atomic E-state index is 0.0286. The third kappa shape index (κ3) is 7.51. The second-order valence-electron chi connectivity index (χ2n) is 12.3. The number of rotatable bonds is 4. The van der Waals surface area contributed by atoms with Crippen LogP contribution in [0.4, 0.5) is 11.4 Å². The first-order valence-corrected chi connectivity index (χ1v) is 18.2. The van der Waals surface area contributed by atoms with Gasteiger partial charge in [0.1, 0.15) is 11.4 Å². The Kier molecular flexibility index (Phi) is 10.5. The summed E-state index contributed by atoms with van der Waals surface area (Å²) in [5, 5.41) is 1.33. The van der Waals surface area contributed by atoms with E-state index in [4.69, 9.17) is 32.7 Å². The van der Waals surface area contributed by atoms with Gasteiger partial charge in [0.25, 0.3) is 0 Å². The number of fused-ring (bicyclic) bond motifs is 2. The zero-order chi connectivity index (χ0) is 33.9. The van der Waals surface area contributed by atoms with Gasteiger partial charge in [0.05, 0.1) is 52.7 Å². The molecule has 0 saturated carbocycles. The van der Waals surface area contributed by atoms with Crippen LogP contribution < -0.4 is 9.80 Å². The molecule has 13 heteroatoms. The minimum atomic E-state index is -0.157. The lowest BCUT2D eigenvalue weighted by Gasteiger charge is -2.29. The molecule has 0 radical (unpaired) electrons. The first kappa shape index (κ1) is 34.0. The third-order valence-electron chi connectivity index (χ3n) is 9.14. The van der Waals surface area contributed by atoms with Crippen LogP contribution in [0, 0.1) is 0 Å². The Hall–Kier alpha value is -3.48. The number of carbonyl (C=O) groups is 2. The number of ketones is 2. The number of benzene rings is 2. The van der Waals surface area contributed by atoms with Crippen molar-refractivity contribution in [2.24, 2.45) is 0 Å². The Balaban J connectivity index is 0.000000154. The van der Waals surface area contributed by atoms with Gasteiger partial charge in [-0.15, -0.1) is 0 Å². The molecular weight excluding hydrogens is 731 g/mol. The highest BCUT2D eigenvalue weighted by Crippen LogP contribution is 2.33.